The van der Waals surface area contributed by atoms with Crippen LogP contribution < -0.4 is 9.47 Å². The van der Waals surface area contributed by atoms with Crippen LogP contribution in [0.15, 0.2) is 30.6 Å². The molecule has 0 aliphatic carbocycles. The third-order valence-electron chi connectivity index (χ3n) is 2.54. The average molecular weight is 246 g/mol. The topological polar surface area (TPSA) is 53.4 Å². The van der Waals surface area contributed by atoms with E-state index < -0.39 is 5.97 Å². The molecule has 0 saturated heterocycles. The van der Waals surface area contributed by atoms with Crippen LogP contribution >= 0.6 is 0 Å². The molecule has 0 N–H and O–H groups in total. The summed E-state index contributed by atoms with van der Waals surface area (Å²) in [6.07, 6.45) is 3.12. The Morgan fingerprint density at radius 2 is 2.17 bits per heavy atom. The van der Waals surface area contributed by atoms with Gasteiger partial charge in [-0.3, -0.25) is 4.68 Å². The summed E-state index contributed by atoms with van der Waals surface area (Å²) in [5, 5.41) is 3.93. The van der Waals surface area contributed by atoms with Gasteiger partial charge >= 0.3 is 5.97 Å². The zero-order valence-electron chi connectivity index (χ0n) is 10.5. The highest BCUT2D eigenvalue weighted by Gasteiger charge is 2.11. The lowest BCUT2D eigenvalue weighted by Crippen LogP contribution is -2.08. The zero-order chi connectivity index (χ0) is 13.1. The van der Waals surface area contributed by atoms with Crippen LogP contribution in [0, 0.1) is 6.92 Å². The van der Waals surface area contributed by atoms with Crippen LogP contribution in [0.25, 0.3) is 0 Å². The third-order valence-corrected chi connectivity index (χ3v) is 2.54. The van der Waals surface area contributed by atoms with Crippen molar-refractivity contribution < 1.29 is 14.3 Å². The van der Waals surface area contributed by atoms with Gasteiger partial charge in [0.05, 0.1) is 25.1 Å². The molecule has 0 radical (unpaired) electrons. The Morgan fingerprint density at radius 1 is 1.39 bits per heavy atom. The summed E-state index contributed by atoms with van der Waals surface area (Å²) >= 11 is 0. The van der Waals surface area contributed by atoms with Crippen molar-refractivity contribution in [3.8, 4) is 11.5 Å². The van der Waals surface area contributed by atoms with Crippen molar-refractivity contribution in [3.05, 3.63) is 41.7 Å². The molecule has 2 rings (SSSR count). The normalized spacial score (nSPS) is 10.2. The van der Waals surface area contributed by atoms with Crippen molar-refractivity contribution in [2.24, 2.45) is 7.05 Å². The molecule has 1 aromatic heterocycles. The van der Waals surface area contributed by atoms with Gasteiger partial charge in [0.1, 0.15) is 5.75 Å². The lowest BCUT2D eigenvalue weighted by atomic mass is 10.1. The monoisotopic (exact) mass is 246 g/mol. The lowest BCUT2D eigenvalue weighted by Gasteiger charge is -2.06. The summed E-state index contributed by atoms with van der Waals surface area (Å²) < 4.78 is 11.9. The van der Waals surface area contributed by atoms with Crippen LogP contribution in [0.5, 0.6) is 11.5 Å². The molecule has 5 heteroatoms. The first-order chi connectivity index (χ1) is 8.60. The number of methoxy groups -OCH3 is 1. The summed E-state index contributed by atoms with van der Waals surface area (Å²) in [7, 11) is 3.32. The van der Waals surface area contributed by atoms with Crippen LogP contribution in [-0.2, 0) is 7.05 Å². The van der Waals surface area contributed by atoms with Gasteiger partial charge in [-0.15, -0.1) is 0 Å². The third kappa shape index (κ3) is 2.51. The number of carbonyl (C=O) groups is 1. The van der Waals surface area contributed by atoms with E-state index in [4.69, 9.17) is 9.47 Å². The SMILES string of the molecule is COc1cc(C(=O)Oc2cnn(C)c2)ccc1C. The molecule has 0 aliphatic heterocycles. The minimum absolute atomic E-state index is 0.419. The quantitative estimate of drug-likeness (QED) is 0.777. The van der Waals surface area contributed by atoms with Crippen molar-refractivity contribution in [1.29, 1.82) is 0 Å². The van der Waals surface area contributed by atoms with Gasteiger partial charge in [-0.25, -0.2) is 4.79 Å². The van der Waals surface area contributed by atoms with E-state index in [-0.39, 0.29) is 0 Å². The highest BCUT2D eigenvalue weighted by Crippen LogP contribution is 2.20. The summed E-state index contributed by atoms with van der Waals surface area (Å²) in [6, 6.07) is 5.18. The lowest BCUT2D eigenvalue weighted by molar-refractivity contribution is 0.0734. The Morgan fingerprint density at radius 3 is 2.78 bits per heavy atom. The van der Waals surface area contributed by atoms with E-state index in [1.165, 1.54) is 6.20 Å². The Balaban J connectivity index is 2.18. The number of rotatable bonds is 3. The molecule has 0 atom stereocenters. The molecular formula is C13H14N2O3. The van der Waals surface area contributed by atoms with Gasteiger partial charge in [0.2, 0.25) is 0 Å². The van der Waals surface area contributed by atoms with Crippen molar-refractivity contribution in [3.63, 3.8) is 0 Å². The second-order valence-corrected chi connectivity index (χ2v) is 3.92. The number of benzene rings is 1. The number of aromatic nitrogens is 2. The van der Waals surface area contributed by atoms with Crippen molar-refractivity contribution in [2.75, 3.05) is 7.11 Å². The van der Waals surface area contributed by atoms with E-state index in [1.54, 1.807) is 37.2 Å². The van der Waals surface area contributed by atoms with Crippen LogP contribution in [-0.4, -0.2) is 22.9 Å². The number of aryl methyl sites for hydroxylation is 2. The van der Waals surface area contributed by atoms with Crippen LogP contribution in [0.2, 0.25) is 0 Å². The molecule has 5 nitrogen and oxygen atoms in total. The molecule has 0 amide bonds. The number of carbonyl (C=O) groups excluding carboxylic acids is 1. The molecule has 94 valence electrons. The highest BCUT2D eigenvalue weighted by atomic mass is 16.5. The Hall–Kier alpha value is -2.30. The first-order valence-corrected chi connectivity index (χ1v) is 5.45. The fourth-order valence-electron chi connectivity index (χ4n) is 1.56. The molecule has 0 bridgehead atoms. The largest absolute Gasteiger partial charge is 0.496 e. The summed E-state index contributed by atoms with van der Waals surface area (Å²) in [4.78, 5) is 11.9. The number of ether oxygens (including phenoxy) is 2. The molecule has 1 heterocycles. The number of hydrogen-bond donors (Lipinski definition) is 0. The molecule has 2 aromatic rings. The second kappa shape index (κ2) is 4.91. The number of nitrogens with zero attached hydrogens (tertiary/aromatic N) is 2. The van der Waals surface area contributed by atoms with E-state index in [0.29, 0.717) is 17.1 Å². The van der Waals surface area contributed by atoms with Gasteiger partial charge in [0.15, 0.2) is 5.75 Å². The van der Waals surface area contributed by atoms with Crippen LogP contribution in [0.1, 0.15) is 15.9 Å². The zero-order valence-corrected chi connectivity index (χ0v) is 10.5. The van der Waals surface area contributed by atoms with E-state index in [9.17, 15) is 4.79 Å². The van der Waals surface area contributed by atoms with Gasteiger partial charge in [-0.05, 0) is 24.6 Å². The summed E-state index contributed by atoms with van der Waals surface area (Å²) in [5.41, 5.74) is 1.41. The number of hydrogen-bond acceptors (Lipinski definition) is 4. The molecule has 18 heavy (non-hydrogen) atoms. The van der Waals surface area contributed by atoms with Crippen LogP contribution in [0.4, 0.5) is 0 Å². The van der Waals surface area contributed by atoms with E-state index in [0.717, 1.165) is 5.56 Å². The summed E-state index contributed by atoms with van der Waals surface area (Å²) in [6.45, 7) is 1.91. The smallest absolute Gasteiger partial charge is 0.343 e. The van der Waals surface area contributed by atoms with Gasteiger partial charge in [0, 0.05) is 7.05 Å². The molecule has 0 aliphatic rings. The highest BCUT2D eigenvalue weighted by molar-refractivity contribution is 5.91. The molecule has 0 spiro atoms. The Labute approximate surface area is 105 Å². The maximum Gasteiger partial charge on any atom is 0.343 e. The predicted octanol–water partition coefficient (Wildman–Crippen LogP) is 1.96. The van der Waals surface area contributed by atoms with Gasteiger partial charge in [0.25, 0.3) is 0 Å². The van der Waals surface area contributed by atoms with Crippen molar-refractivity contribution in [1.82, 2.24) is 9.78 Å². The Kier molecular flexibility index (Phi) is 3.32. The van der Waals surface area contributed by atoms with E-state index in [1.807, 2.05) is 13.0 Å². The maximum atomic E-state index is 11.9. The van der Waals surface area contributed by atoms with E-state index >= 15 is 0 Å². The molecule has 0 saturated carbocycles. The predicted molar refractivity (Wildman–Crippen MR) is 65.9 cm³/mol. The van der Waals surface area contributed by atoms with Crippen molar-refractivity contribution >= 4 is 5.97 Å². The molecule has 0 fully saturated rings. The fraction of sp³-hybridized carbons (Fsp3) is 0.231. The van der Waals surface area contributed by atoms with Crippen LogP contribution in [0.3, 0.4) is 0 Å². The molecular weight excluding hydrogens is 232 g/mol. The minimum atomic E-state index is -0.429. The van der Waals surface area contributed by atoms with E-state index in [2.05, 4.69) is 5.10 Å². The minimum Gasteiger partial charge on any atom is -0.496 e. The maximum absolute atomic E-state index is 11.9. The first kappa shape index (κ1) is 12.2. The Bertz CT molecular complexity index is 575. The molecule has 0 unspecified atom stereocenters. The standard InChI is InChI=1S/C13H14N2O3/c1-9-4-5-10(6-12(9)17-3)13(16)18-11-7-14-15(2)8-11/h4-8H,1-3H3. The summed E-state index contributed by atoms with van der Waals surface area (Å²) in [5.74, 6) is 0.652. The first-order valence-electron chi connectivity index (χ1n) is 5.45. The molecule has 1 aromatic carbocycles. The second-order valence-electron chi connectivity index (χ2n) is 3.92. The van der Waals surface area contributed by atoms with Gasteiger partial charge < -0.3 is 9.47 Å². The van der Waals surface area contributed by atoms with Gasteiger partial charge in [-0.1, -0.05) is 6.07 Å². The number of esters is 1. The average Bonchev–Trinajstić information content (AvgIpc) is 2.75. The van der Waals surface area contributed by atoms with Gasteiger partial charge in [-0.2, -0.15) is 5.10 Å². The van der Waals surface area contributed by atoms with Crippen molar-refractivity contribution in [2.45, 2.75) is 6.92 Å². The fourth-order valence-corrected chi connectivity index (χ4v) is 1.56.